The van der Waals surface area contributed by atoms with Gasteiger partial charge in [-0.3, -0.25) is 9.69 Å². The third-order valence-electron chi connectivity index (χ3n) is 4.61. The number of piperazine rings is 1. The maximum Gasteiger partial charge on any atom is 0.240 e. The zero-order valence-electron chi connectivity index (χ0n) is 12.3. The molecule has 0 unspecified atom stereocenters. The van der Waals surface area contributed by atoms with Crippen molar-refractivity contribution in [1.29, 1.82) is 0 Å². The van der Waals surface area contributed by atoms with E-state index >= 15 is 0 Å². The van der Waals surface area contributed by atoms with E-state index in [0.717, 1.165) is 16.7 Å². The number of fused-ring (bicyclic) bond motifs is 4. The van der Waals surface area contributed by atoms with Gasteiger partial charge in [0, 0.05) is 19.2 Å². The molecule has 1 N–H and O–H groups in total. The van der Waals surface area contributed by atoms with E-state index in [9.17, 15) is 9.90 Å². The molecule has 2 bridgehead atoms. The molecule has 2 aliphatic heterocycles. The van der Waals surface area contributed by atoms with Gasteiger partial charge < -0.3 is 14.7 Å². The number of likely N-dealkylation sites (N-methyl/N-ethyl adjacent to an activating group) is 2. The van der Waals surface area contributed by atoms with Crippen molar-refractivity contribution in [1.82, 2.24) is 9.80 Å². The van der Waals surface area contributed by atoms with Crippen molar-refractivity contribution < 1.29 is 14.6 Å². The van der Waals surface area contributed by atoms with E-state index in [1.807, 2.05) is 27.1 Å². The summed E-state index contributed by atoms with van der Waals surface area (Å²) < 4.78 is 5.31. The third-order valence-corrected chi connectivity index (χ3v) is 4.61. The Bertz CT molecular complexity index is 585. The molecule has 0 spiro atoms. The monoisotopic (exact) mass is 276 g/mol. The van der Waals surface area contributed by atoms with Crippen LogP contribution in [0.4, 0.5) is 0 Å². The first-order chi connectivity index (χ1) is 9.45. The van der Waals surface area contributed by atoms with Crippen molar-refractivity contribution in [3.63, 3.8) is 0 Å². The number of hydrogen-bond donors (Lipinski definition) is 1. The zero-order chi connectivity index (χ0) is 14.6. The van der Waals surface area contributed by atoms with Gasteiger partial charge in [-0.05, 0) is 31.5 Å². The van der Waals surface area contributed by atoms with Crippen LogP contribution < -0.4 is 4.74 Å². The average Bonchev–Trinajstić information content (AvgIpc) is 2.39. The number of ether oxygens (including phenoxy) is 1. The smallest absolute Gasteiger partial charge is 0.240 e. The van der Waals surface area contributed by atoms with Crippen molar-refractivity contribution in [3.8, 4) is 11.5 Å². The molecule has 1 aromatic rings. The highest BCUT2D eigenvalue weighted by Crippen LogP contribution is 2.46. The highest BCUT2D eigenvalue weighted by molar-refractivity contribution is 5.84. The van der Waals surface area contributed by atoms with Crippen LogP contribution in [0.2, 0.25) is 0 Å². The molecule has 5 heteroatoms. The predicted octanol–water partition coefficient (Wildman–Crippen LogP) is 1.08. The molecule has 2 aliphatic rings. The van der Waals surface area contributed by atoms with Gasteiger partial charge in [-0.2, -0.15) is 0 Å². The Hall–Kier alpha value is -1.75. The Morgan fingerprint density at radius 1 is 1.35 bits per heavy atom. The van der Waals surface area contributed by atoms with Gasteiger partial charge in [-0.1, -0.05) is 6.07 Å². The van der Waals surface area contributed by atoms with Crippen molar-refractivity contribution in [2.24, 2.45) is 0 Å². The predicted molar refractivity (Wildman–Crippen MR) is 75.0 cm³/mol. The maximum absolute atomic E-state index is 12.2. The van der Waals surface area contributed by atoms with Crippen LogP contribution in [-0.4, -0.2) is 54.6 Å². The number of amides is 1. The van der Waals surface area contributed by atoms with Crippen molar-refractivity contribution in [2.75, 3.05) is 27.7 Å². The molecular weight excluding hydrogens is 256 g/mol. The number of hydrogen-bond acceptors (Lipinski definition) is 4. The Kier molecular flexibility index (Phi) is 2.90. The van der Waals surface area contributed by atoms with Gasteiger partial charge in [-0.15, -0.1) is 0 Å². The number of rotatable bonds is 1. The van der Waals surface area contributed by atoms with Crippen LogP contribution in [0.1, 0.15) is 22.7 Å². The standard InChI is InChI=1S/C15H20N2O3/c1-8-5-9-6-10-15(19)16(2)7-11(17(10)3)12(9)13(18)14(8)20-4/h5,10-11,18H,6-7H2,1-4H3/t10-,11-/m0/s1. The molecular formula is C15H20N2O3. The zero-order valence-corrected chi connectivity index (χ0v) is 12.3. The van der Waals surface area contributed by atoms with Gasteiger partial charge in [0.1, 0.15) is 0 Å². The van der Waals surface area contributed by atoms with Gasteiger partial charge in [0.25, 0.3) is 0 Å². The van der Waals surface area contributed by atoms with Crippen LogP contribution in [0.3, 0.4) is 0 Å². The van der Waals surface area contributed by atoms with Crippen LogP contribution in [0.5, 0.6) is 11.5 Å². The summed E-state index contributed by atoms with van der Waals surface area (Å²) >= 11 is 0. The summed E-state index contributed by atoms with van der Waals surface area (Å²) in [6, 6.07) is 1.94. The summed E-state index contributed by atoms with van der Waals surface area (Å²) in [7, 11) is 5.35. The first kappa shape index (κ1) is 13.2. The number of methoxy groups -OCH3 is 1. The van der Waals surface area contributed by atoms with Gasteiger partial charge in [0.2, 0.25) is 5.91 Å². The number of phenols is 1. The van der Waals surface area contributed by atoms with Gasteiger partial charge >= 0.3 is 0 Å². The maximum atomic E-state index is 12.2. The van der Waals surface area contributed by atoms with Gasteiger partial charge in [-0.25, -0.2) is 0 Å². The molecule has 0 radical (unpaired) electrons. The van der Waals surface area contributed by atoms with Gasteiger partial charge in [0.15, 0.2) is 11.5 Å². The largest absolute Gasteiger partial charge is 0.504 e. The molecule has 2 atom stereocenters. The summed E-state index contributed by atoms with van der Waals surface area (Å²) in [5.41, 5.74) is 2.88. The molecule has 0 aliphatic carbocycles. The van der Waals surface area contributed by atoms with E-state index in [-0.39, 0.29) is 23.7 Å². The molecule has 108 valence electrons. The number of aryl methyl sites for hydroxylation is 1. The van der Waals surface area contributed by atoms with Crippen molar-refractivity contribution in [2.45, 2.75) is 25.4 Å². The second-order valence-corrected chi connectivity index (χ2v) is 5.77. The van der Waals surface area contributed by atoms with Crippen LogP contribution >= 0.6 is 0 Å². The van der Waals surface area contributed by atoms with E-state index in [4.69, 9.17) is 4.74 Å². The van der Waals surface area contributed by atoms with Crippen LogP contribution in [0.15, 0.2) is 6.07 Å². The van der Waals surface area contributed by atoms with E-state index in [1.165, 1.54) is 0 Å². The molecule has 1 fully saturated rings. The fourth-order valence-corrected chi connectivity index (χ4v) is 3.52. The fourth-order valence-electron chi connectivity index (χ4n) is 3.52. The normalized spacial score (nSPS) is 25.6. The lowest BCUT2D eigenvalue weighted by Crippen LogP contribution is -2.58. The molecule has 1 aromatic carbocycles. The molecule has 3 rings (SSSR count). The lowest BCUT2D eigenvalue weighted by molar-refractivity contribution is -0.143. The van der Waals surface area contributed by atoms with Crippen LogP contribution in [0, 0.1) is 6.92 Å². The minimum Gasteiger partial charge on any atom is -0.504 e. The molecule has 5 nitrogen and oxygen atoms in total. The van der Waals surface area contributed by atoms with Crippen molar-refractivity contribution in [3.05, 3.63) is 22.8 Å². The number of nitrogens with zero attached hydrogens (tertiary/aromatic N) is 2. The van der Waals surface area contributed by atoms with E-state index in [2.05, 4.69) is 4.90 Å². The lowest BCUT2D eigenvalue weighted by Gasteiger charge is -2.47. The number of carbonyl (C=O) groups excluding carboxylic acids is 1. The second-order valence-electron chi connectivity index (χ2n) is 5.77. The van der Waals surface area contributed by atoms with Crippen LogP contribution in [0.25, 0.3) is 0 Å². The molecule has 1 amide bonds. The Morgan fingerprint density at radius 2 is 2.05 bits per heavy atom. The fraction of sp³-hybridized carbons (Fsp3) is 0.533. The topological polar surface area (TPSA) is 53.0 Å². The highest BCUT2D eigenvalue weighted by atomic mass is 16.5. The number of carbonyl (C=O) groups is 1. The molecule has 2 heterocycles. The summed E-state index contributed by atoms with van der Waals surface area (Å²) in [5.74, 6) is 0.915. The minimum atomic E-state index is -0.126. The second kappa shape index (κ2) is 4.38. The van der Waals surface area contributed by atoms with E-state index in [1.54, 1.807) is 12.0 Å². The Balaban J connectivity index is 2.19. The quantitative estimate of drug-likeness (QED) is 0.834. The summed E-state index contributed by atoms with van der Waals surface area (Å²) in [4.78, 5) is 16.1. The number of benzene rings is 1. The first-order valence-corrected chi connectivity index (χ1v) is 6.82. The third kappa shape index (κ3) is 1.62. The molecule has 0 saturated carbocycles. The number of aromatic hydroxyl groups is 1. The minimum absolute atomic E-state index is 0.0287. The van der Waals surface area contributed by atoms with Crippen molar-refractivity contribution >= 4 is 5.91 Å². The molecule has 0 aromatic heterocycles. The summed E-state index contributed by atoms with van der Waals surface area (Å²) in [5, 5.41) is 10.5. The number of phenolic OH excluding ortho intramolecular Hbond substituents is 1. The average molecular weight is 276 g/mol. The van der Waals surface area contributed by atoms with E-state index in [0.29, 0.717) is 18.7 Å². The lowest BCUT2D eigenvalue weighted by atomic mass is 9.83. The first-order valence-electron chi connectivity index (χ1n) is 6.82. The Labute approximate surface area is 118 Å². The van der Waals surface area contributed by atoms with E-state index < -0.39 is 0 Å². The summed E-state index contributed by atoms with van der Waals surface area (Å²) in [6.07, 6.45) is 0.643. The van der Waals surface area contributed by atoms with Crippen LogP contribution in [-0.2, 0) is 11.2 Å². The Morgan fingerprint density at radius 3 is 2.70 bits per heavy atom. The summed E-state index contributed by atoms with van der Waals surface area (Å²) in [6.45, 7) is 2.51. The SMILES string of the molecule is COc1c(C)cc2c(c1O)[C@@H]1CN(C)C(=O)[C@H](C2)N1C. The van der Waals surface area contributed by atoms with Gasteiger partial charge in [0.05, 0.1) is 19.2 Å². The molecule has 1 saturated heterocycles. The molecule has 20 heavy (non-hydrogen) atoms. The highest BCUT2D eigenvalue weighted by Gasteiger charge is 2.44.